The minimum Gasteiger partial charge on any atom is -0.294 e. The lowest BCUT2D eigenvalue weighted by molar-refractivity contribution is -0.137. The van der Waals surface area contributed by atoms with Gasteiger partial charge in [-0.15, -0.1) is 0 Å². The fourth-order valence-corrected chi connectivity index (χ4v) is 2.54. The SMILES string of the molecule is O=C(c1ccc(Cl)c(C(F)(F)F)c1)C1CCCC1. The highest BCUT2D eigenvalue weighted by Crippen LogP contribution is 2.36. The molecule has 5 heteroatoms. The fourth-order valence-electron chi connectivity index (χ4n) is 2.32. The van der Waals surface area contributed by atoms with Crippen molar-refractivity contribution in [2.45, 2.75) is 31.9 Å². The molecule has 0 bridgehead atoms. The van der Waals surface area contributed by atoms with Crippen LogP contribution in [0.15, 0.2) is 18.2 Å². The molecule has 0 N–H and O–H groups in total. The first-order valence-electron chi connectivity index (χ1n) is 5.80. The van der Waals surface area contributed by atoms with E-state index in [2.05, 4.69) is 0 Å². The van der Waals surface area contributed by atoms with Crippen LogP contribution in [0, 0.1) is 5.92 Å². The van der Waals surface area contributed by atoms with Crippen LogP contribution < -0.4 is 0 Å². The molecule has 0 aromatic heterocycles. The zero-order valence-corrected chi connectivity index (χ0v) is 10.3. The van der Waals surface area contributed by atoms with Gasteiger partial charge in [0.05, 0.1) is 10.6 Å². The average molecular weight is 277 g/mol. The predicted octanol–water partition coefficient (Wildman–Crippen LogP) is 4.73. The van der Waals surface area contributed by atoms with E-state index in [-0.39, 0.29) is 22.3 Å². The van der Waals surface area contributed by atoms with Crippen LogP contribution in [0.4, 0.5) is 13.2 Å². The maximum absolute atomic E-state index is 12.7. The van der Waals surface area contributed by atoms with Gasteiger partial charge in [0.25, 0.3) is 0 Å². The Kier molecular flexibility index (Phi) is 3.66. The molecule has 1 saturated carbocycles. The summed E-state index contributed by atoms with van der Waals surface area (Å²) in [5.41, 5.74) is -0.827. The van der Waals surface area contributed by atoms with Gasteiger partial charge in [0.2, 0.25) is 0 Å². The zero-order chi connectivity index (χ0) is 13.3. The van der Waals surface area contributed by atoms with Crippen molar-refractivity contribution in [2.24, 2.45) is 5.92 Å². The molecule has 18 heavy (non-hydrogen) atoms. The number of ketones is 1. The van der Waals surface area contributed by atoms with Crippen molar-refractivity contribution >= 4 is 17.4 Å². The summed E-state index contributed by atoms with van der Waals surface area (Å²) in [5.74, 6) is -0.332. The first-order chi connectivity index (χ1) is 8.39. The lowest BCUT2D eigenvalue weighted by Gasteiger charge is -2.12. The van der Waals surface area contributed by atoms with Crippen molar-refractivity contribution in [1.82, 2.24) is 0 Å². The predicted molar refractivity (Wildman–Crippen MR) is 62.7 cm³/mol. The second kappa shape index (κ2) is 4.92. The third-order valence-corrected chi connectivity index (χ3v) is 3.61. The van der Waals surface area contributed by atoms with Gasteiger partial charge in [0, 0.05) is 11.5 Å². The lowest BCUT2D eigenvalue weighted by Crippen LogP contribution is -2.13. The normalized spacial score (nSPS) is 17.1. The van der Waals surface area contributed by atoms with E-state index in [1.54, 1.807) is 0 Å². The Balaban J connectivity index is 2.32. The molecule has 0 amide bonds. The molecule has 1 aliphatic rings. The Morgan fingerprint density at radius 3 is 2.39 bits per heavy atom. The van der Waals surface area contributed by atoms with Crippen LogP contribution in [0.2, 0.25) is 5.02 Å². The van der Waals surface area contributed by atoms with E-state index in [0.29, 0.717) is 0 Å². The van der Waals surface area contributed by atoms with E-state index in [9.17, 15) is 18.0 Å². The van der Waals surface area contributed by atoms with Gasteiger partial charge in [-0.3, -0.25) is 4.79 Å². The summed E-state index contributed by atoms with van der Waals surface area (Å²) in [7, 11) is 0. The number of hydrogen-bond acceptors (Lipinski definition) is 1. The molecule has 0 unspecified atom stereocenters. The standard InChI is InChI=1S/C13H12ClF3O/c14-11-6-5-9(7-10(11)13(15,16)17)12(18)8-3-1-2-4-8/h5-8H,1-4H2. The van der Waals surface area contributed by atoms with Crippen LogP contribution in [-0.4, -0.2) is 5.78 Å². The highest BCUT2D eigenvalue weighted by molar-refractivity contribution is 6.31. The summed E-state index contributed by atoms with van der Waals surface area (Å²) in [4.78, 5) is 12.0. The number of Topliss-reactive ketones (excluding diaryl/α,β-unsaturated/α-hetero) is 1. The van der Waals surface area contributed by atoms with E-state index in [1.165, 1.54) is 6.07 Å². The van der Waals surface area contributed by atoms with Gasteiger partial charge >= 0.3 is 6.18 Å². The average Bonchev–Trinajstić information content (AvgIpc) is 2.80. The largest absolute Gasteiger partial charge is 0.417 e. The van der Waals surface area contributed by atoms with Gasteiger partial charge < -0.3 is 0 Å². The summed E-state index contributed by atoms with van der Waals surface area (Å²) < 4.78 is 38.0. The molecule has 0 aliphatic heterocycles. The van der Waals surface area contributed by atoms with Crippen LogP contribution in [-0.2, 0) is 6.18 Å². The second-order valence-electron chi connectivity index (χ2n) is 4.54. The molecule has 2 rings (SSSR count). The van der Waals surface area contributed by atoms with Gasteiger partial charge in [0.1, 0.15) is 0 Å². The van der Waals surface area contributed by atoms with E-state index in [1.807, 2.05) is 0 Å². The van der Waals surface area contributed by atoms with E-state index >= 15 is 0 Å². The smallest absolute Gasteiger partial charge is 0.294 e. The maximum Gasteiger partial charge on any atom is 0.417 e. The van der Waals surface area contributed by atoms with Crippen LogP contribution >= 0.6 is 11.6 Å². The second-order valence-corrected chi connectivity index (χ2v) is 4.95. The number of hydrogen-bond donors (Lipinski definition) is 0. The third-order valence-electron chi connectivity index (χ3n) is 3.28. The van der Waals surface area contributed by atoms with Crippen molar-refractivity contribution < 1.29 is 18.0 Å². The van der Waals surface area contributed by atoms with Crippen molar-refractivity contribution in [3.05, 3.63) is 34.3 Å². The Morgan fingerprint density at radius 1 is 1.22 bits per heavy atom. The highest BCUT2D eigenvalue weighted by Gasteiger charge is 2.34. The molecule has 1 nitrogen and oxygen atoms in total. The first-order valence-corrected chi connectivity index (χ1v) is 6.18. The summed E-state index contributed by atoms with van der Waals surface area (Å²) in [6.07, 6.45) is -1.05. The fraction of sp³-hybridized carbons (Fsp3) is 0.462. The van der Waals surface area contributed by atoms with Crippen LogP contribution in [0.25, 0.3) is 0 Å². The molecule has 98 valence electrons. The van der Waals surface area contributed by atoms with Crippen LogP contribution in [0.3, 0.4) is 0 Å². The van der Waals surface area contributed by atoms with Gasteiger partial charge in [-0.25, -0.2) is 0 Å². The van der Waals surface area contributed by atoms with Gasteiger partial charge in [-0.1, -0.05) is 24.4 Å². The molecule has 1 aromatic carbocycles. The summed E-state index contributed by atoms with van der Waals surface area (Å²) in [5, 5.41) is -0.370. The lowest BCUT2D eigenvalue weighted by atomic mass is 9.95. The summed E-state index contributed by atoms with van der Waals surface area (Å²) in [6.45, 7) is 0. The zero-order valence-electron chi connectivity index (χ0n) is 9.56. The summed E-state index contributed by atoms with van der Waals surface area (Å²) in [6, 6.07) is 3.38. The highest BCUT2D eigenvalue weighted by atomic mass is 35.5. The van der Waals surface area contributed by atoms with Crippen molar-refractivity contribution in [3.8, 4) is 0 Å². The van der Waals surface area contributed by atoms with E-state index < -0.39 is 11.7 Å². The molecular weight excluding hydrogens is 265 g/mol. The maximum atomic E-state index is 12.7. The minimum absolute atomic E-state index is 0.110. The number of carbonyl (C=O) groups is 1. The molecule has 1 fully saturated rings. The summed E-state index contributed by atoms with van der Waals surface area (Å²) >= 11 is 5.51. The Bertz CT molecular complexity index is 462. The number of alkyl halides is 3. The Labute approximate surface area is 108 Å². The number of halogens is 4. The first kappa shape index (κ1) is 13.4. The molecule has 0 saturated heterocycles. The Hall–Kier alpha value is -1.03. The van der Waals surface area contributed by atoms with Crippen molar-refractivity contribution in [3.63, 3.8) is 0 Å². The number of carbonyl (C=O) groups excluding carboxylic acids is 1. The molecule has 0 spiro atoms. The third kappa shape index (κ3) is 2.69. The van der Waals surface area contributed by atoms with Crippen LogP contribution in [0.1, 0.15) is 41.6 Å². The van der Waals surface area contributed by atoms with Crippen LogP contribution in [0.5, 0.6) is 0 Å². The molecule has 1 aliphatic carbocycles. The van der Waals surface area contributed by atoms with E-state index in [4.69, 9.17) is 11.6 Å². The molecule has 1 aromatic rings. The monoisotopic (exact) mass is 276 g/mol. The number of benzene rings is 1. The van der Waals surface area contributed by atoms with Gasteiger partial charge in [-0.05, 0) is 31.0 Å². The molecule has 0 heterocycles. The van der Waals surface area contributed by atoms with E-state index in [0.717, 1.165) is 37.8 Å². The molecule has 0 atom stereocenters. The van der Waals surface area contributed by atoms with Gasteiger partial charge in [-0.2, -0.15) is 13.2 Å². The molecular formula is C13H12ClF3O. The van der Waals surface area contributed by atoms with Crippen molar-refractivity contribution in [1.29, 1.82) is 0 Å². The minimum atomic E-state index is -4.52. The van der Waals surface area contributed by atoms with Gasteiger partial charge in [0.15, 0.2) is 5.78 Å². The molecule has 0 radical (unpaired) electrons. The Morgan fingerprint density at radius 2 is 1.83 bits per heavy atom. The van der Waals surface area contributed by atoms with Crippen molar-refractivity contribution in [2.75, 3.05) is 0 Å². The quantitative estimate of drug-likeness (QED) is 0.714. The topological polar surface area (TPSA) is 17.1 Å². The number of rotatable bonds is 2.